The zero-order valence-corrected chi connectivity index (χ0v) is 12.9. The molecule has 0 aliphatic carbocycles. The highest BCUT2D eigenvalue weighted by Gasteiger charge is 2.14. The van der Waals surface area contributed by atoms with Crippen molar-refractivity contribution < 1.29 is 30.8 Å². The monoisotopic (exact) mass is 358 g/mol. The first-order valence-corrected chi connectivity index (χ1v) is 8.79. The van der Waals surface area contributed by atoms with Crippen molar-refractivity contribution in [2.45, 2.75) is 9.79 Å². The molecule has 0 heterocycles. The molecule has 9 nitrogen and oxygen atoms in total. The lowest BCUT2D eigenvalue weighted by molar-refractivity contribution is -0.435. The third-order valence-corrected chi connectivity index (χ3v) is 4.36. The fourth-order valence-corrected chi connectivity index (χ4v) is 2.67. The summed E-state index contributed by atoms with van der Waals surface area (Å²) in [7, 11) is -8.92. The Morgan fingerprint density at radius 2 is 1.39 bits per heavy atom. The van der Waals surface area contributed by atoms with Gasteiger partial charge in [0.1, 0.15) is 10.6 Å². The van der Waals surface area contributed by atoms with E-state index in [1.807, 2.05) is 0 Å². The number of benzene rings is 2. The van der Waals surface area contributed by atoms with E-state index in [9.17, 15) is 22.0 Å². The van der Waals surface area contributed by atoms with Gasteiger partial charge in [-0.05, 0) is 24.3 Å². The molecule has 2 aromatic carbocycles. The molecule has 0 amide bonds. The van der Waals surface area contributed by atoms with E-state index in [4.69, 9.17) is 9.11 Å². The molecule has 0 spiro atoms. The van der Waals surface area contributed by atoms with Gasteiger partial charge in [-0.3, -0.25) is 9.11 Å². The van der Waals surface area contributed by atoms with Crippen molar-refractivity contribution >= 4 is 31.6 Å². The Morgan fingerprint density at radius 3 is 1.96 bits per heavy atom. The van der Waals surface area contributed by atoms with Crippen LogP contribution in [0.4, 0.5) is 11.4 Å². The molecule has 0 aliphatic rings. The molecule has 0 bridgehead atoms. The van der Waals surface area contributed by atoms with Crippen LogP contribution in [0.15, 0.2) is 63.4 Å². The minimum Gasteiger partial charge on any atom is -0.594 e. The highest BCUT2D eigenvalue weighted by atomic mass is 32.2. The highest BCUT2D eigenvalue weighted by molar-refractivity contribution is 7.86. The molecule has 0 saturated heterocycles. The van der Waals surface area contributed by atoms with Gasteiger partial charge < -0.3 is 5.21 Å². The molecule has 11 heteroatoms. The van der Waals surface area contributed by atoms with E-state index in [0.717, 1.165) is 24.3 Å². The third-order valence-electron chi connectivity index (χ3n) is 2.66. The largest absolute Gasteiger partial charge is 0.594 e. The van der Waals surface area contributed by atoms with Gasteiger partial charge in [-0.15, -0.1) is 0 Å². The van der Waals surface area contributed by atoms with Gasteiger partial charge in [0.15, 0.2) is 0 Å². The summed E-state index contributed by atoms with van der Waals surface area (Å²) in [5.41, 5.74) is -0.273. The molecule has 0 unspecified atom stereocenters. The van der Waals surface area contributed by atoms with Gasteiger partial charge in [-0.1, -0.05) is 17.0 Å². The lowest BCUT2D eigenvalue weighted by atomic mass is 10.3. The Balaban J connectivity index is 2.45. The van der Waals surface area contributed by atoms with Crippen molar-refractivity contribution in [1.29, 1.82) is 0 Å². The zero-order valence-electron chi connectivity index (χ0n) is 11.3. The summed E-state index contributed by atoms with van der Waals surface area (Å²) in [5.74, 6) is 0. The van der Waals surface area contributed by atoms with Gasteiger partial charge in [0.2, 0.25) is 5.69 Å². The molecule has 122 valence electrons. The maximum Gasteiger partial charge on any atom is 0.294 e. The second-order valence-corrected chi connectivity index (χ2v) is 7.16. The number of hydrogen-bond donors (Lipinski definition) is 2. The van der Waals surface area contributed by atoms with E-state index in [0.29, 0.717) is 0 Å². The van der Waals surface area contributed by atoms with Crippen LogP contribution < -0.4 is 0 Å². The third kappa shape index (κ3) is 4.32. The average Bonchev–Trinajstić information content (AvgIpc) is 2.46. The number of hydrogen-bond acceptors (Lipinski definition) is 6. The van der Waals surface area contributed by atoms with Crippen LogP contribution in [-0.2, 0) is 20.2 Å². The summed E-state index contributed by atoms with van der Waals surface area (Å²) in [5, 5.41) is 15.5. The molecule has 2 rings (SSSR count). The smallest absolute Gasteiger partial charge is 0.294 e. The standard InChI is InChI=1S/C12H10N2O7S2/c15-14(10-4-2-6-12(8-10)23(19,20)21)13-9-3-1-5-11(7-9)22(16,17)18/h1-8H,(H,16,17,18)(H,19,20,21). The van der Waals surface area contributed by atoms with E-state index < -0.39 is 30.0 Å². The van der Waals surface area contributed by atoms with E-state index >= 15 is 0 Å². The summed E-state index contributed by atoms with van der Waals surface area (Å²) >= 11 is 0. The minimum absolute atomic E-state index is 0.0534. The van der Waals surface area contributed by atoms with Crippen LogP contribution in [-0.4, -0.2) is 30.8 Å². The normalized spacial score (nSPS) is 13.0. The van der Waals surface area contributed by atoms with Crippen molar-refractivity contribution in [2.75, 3.05) is 0 Å². The molecule has 0 fully saturated rings. The molecular weight excluding hydrogens is 348 g/mol. The first kappa shape index (κ1) is 17.0. The van der Waals surface area contributed by atoms with Gasteiger partial charge in [-0.2, -0.15) is 16.8 Å². The summed E-state index contributed by atoms with van der Waals surface area (Å²) < 4.78 is 62.0. The van der Waals surface area contributed by atoms with E-state index in [2.05, 4.69) is 5.11 Å². The van der Waals surface area contributed by atoms with Crippen molar-refractivity contribution in [2.24, 2.45) is 5.11 Å². The lowest BCUT2D eigenvalue weighted by Gasteiger charge is -2.02. The zero-order chi connectivity index (χ0) is 17.3. The average molecular weight is 358 g/mol. The van der Waals surface area contributed by atoms with Gasteiger partial charge >= 0.3 is 0 Å². The van der Waals surface area contributed by atoms with Crippen molar-refractivity contribution in [3.05, 3.63) is 53.7 Å². The van der Waals surface area contributed by atoms with Crippen molar-refractivity contribution in [3.8, 4) is 0 Å². The summed E-state index contributed by atoms with van der Waals surface area (Å²) in [4.78, 5) is -0.880. The first-order valence-electron chi connectivity index (χ1n) is 5.91. The van der Waals surface area contributed by atoms with Crippen LogP contribution in [0.1, 0.15) is 0 Å². The lowest BCUT2D eigenvalue weighted by Crippen LogP contribution is -1.99. The van der Waals surface area contributed by atoms with Crippen LogP contribution >= 0.6 is 0 Å². The predicted octanol–water partition coefficient (Wildman–Crippen LogP) is 2.11. The van der Waals surface area contributed by atoms with Gasteiger partial charge in [0.05, 0.1) is 4.90 Å². The molecule has 0 radical (unpaired) electrons. The molecule has 0 aromatic heterocycles. The Bertz CT molecular complexity index is 982. The molecule has 0 saturated carbocycles. The Kier molecular flexibility index (Phi) is 4.47. The van der Waals surface area contributed by atoms with Crippen LogP contribution in [0.25, 0.3) is 0 Å². The second-order valence-electron chi connectivity index (χ2n) is 4.32. The molecule has 23 heavy (non-hydrogen) atoms. The van der Waals surface area contributed by atoms with Crippen LogP contribution in [0, 0.1) is 5.21 Å². The first-order chi connectivity index (χ1) is 10.6. The van der Waals surface area contributed by atoms with E-state index in [1.54, 1.807) is 0 Å². The second kappa shape index (κ2) is 6.04. The van der Waals surface area contributed by atoms with Gasteiger partial charge in [0, 0.05) is 17.2 Å². The molecule has 2 N–H and O–H groups in total. The quantitative estimate of drug-likeness (QED) is 0.368. The Morgan fingerprint density at radius 1 is 0.870 bits per heavy atom. The number of rotatable bonds is 4. The minimum atomic E-state index is -4.48. The van der Waals surface area contributed by atoms with E-state index in [1.165, 1.54) is 24.3 Å². The topological polar surface area (TPSA) is 147 Å². The summed E-state index contributed by atoms with van der Waals surface area (Å²) in [6.07, 6.45) is 0. The fraction of sp³-hybridized carbons (Fsp3) is 0. The molecule has 0 atom stereocenters. The maximum absolute atomic E-state index is 11.9. The SMILES string of the molecule is O=S(=O)(O)c1cccc(N=[N+]([O-])c2cccc(S(=O)(=O)O)c2)c1. The van der Waals surface area contributed by atoms with E-state index in [-0.39, 0.29) is 16.2 Å². The molecule has 2 aromatic rings. The van der Waals surface area contributed by atoms with Crippen LogP contribution in [0.2, 0.25) is 0 Å². The van der Waals surface area contributed by atoms with Crippen molar-refractivity contribution in [1.82, 2.24) is 0 Å². The van der Waals surface area contributed by atoms with Gasteiger partial charge in [-0.25, -0.2) is 0 Å². The van der Waals surface area contributed by atoms with Crippen molar-refractivity contribution in [3.63, 3.8) is 0 Å². The molecule has 0 aliphatic heterocycles. The molecular formula is C12H10N2O7S2. The summed E-state index contributed by atoms with van der Waals surface area (Å²) in [6, 6.07) is 9.13. The maximum atomic E-state index is 11.9. The predicted molar refractivity (Wildman–Crippen MR) is 77.9 cm³/mol. The number of azo groups is 1. The summed E-state index contributed by atoms with van der Waals surface area (Å²) in [6.45, 7) is 0. The number of nitrogens with zero attached hydrogens (tertiary/aromatic N) is 2. The fourth-order valence-electron chi connectivity index (χ4n) is 1.63. The van der Waals surface area contributed by atoms with Crippen LogP contribution in [0.3, 0.4) is 0 Å². The highest BCUT2D eigenvalue weighted by Crippen LogP contribution is 2.22. The van der Waals surface area contributed by atoms with Crippen LogP contribution in [0.5, 0.6) is 0 Å². The Labute approximate surface area is 131 Å². The Hall–Kier alpha value is -2.34. The van der Waals surface area contributed by atoms with Gasteiger partial charge in [0.25, 0.3) is 20.2 Å².